The van der Waals surface area contributed by atoms with Gasteiger partial charge in [0, 0.05) is 33.1 Å². The van der Waals surface area contributed by atoms with Gasteiger partial charge in [-0.1, -0.05) is 6.92 Å². The van der Waals surface area contributed by atoms with Gasteiger partial charge in [-0.3, -0.25) is 4.68 Å². The molecule has 2 unspecified atom stereocenters. The van der Waals surface area contributed by atoms with Crippen molar-refractivity contribution < 1.29 is 9.47 Å². The van der Waals surface area contributed by atoms with Crippen LogP contribution in [0.15, 0.2) is 12.3 Å². The minimum atomic E-state index is 0.0490. The first-order valence-electron chi connectivity index (χ1n) is 8.17. The Balaban J connectivity index is 1.77. The van der Waals surface area contributed by atoms with Crippen molar-refractivity contribution in [3.63, 3.8) is 0 Å². The first-order chi connectivity index (χ1) is 10.2. The molecule has 1 spiro atoms. The van der Waals surface area contributed by atoms with Gasteiger partial charge in [0.05, 0.1) is 17.3 Å². The van der Waals surface area contributed by atoms with Crippen molar-refractivity contribution in [3.8, 4) is 0 Å². The largest absolute Gasteiger partial charge is 0.381 e. The summed E-state index contributed by atoms with van der Waals surface area (Å²) in [5.41, 5.74) is 1.33. The molecule has 1 N–H and O–H groups in total. The predicted octanol–water partition coefficient (Wildman–Crippen LogP) is 2.05. The van der Waals surface area contributed by atoms with Gasteiger partial charge < -0.3 is 14.8 Å². The monoisotopic (exact) mass is 293 g/mol. The van der Waals surface area contributed by atoms with Crippen LogP contribution >= 0.6 is 0 Å². The second-order valence-corrected chi connectivity index (χ2v) is 6.31. The fraction of sp³-hybridized carbons (Fsp3) is 0.812. The van der Waals surface area contributed by atoms with E-state index in [0.29, 0.717) is 12.0 Å². The Hall–Kier alpha value is -0.910. The summed E-state index contributed by atoms with van der Waals surface area (Å²) in [6, 6.07) is 2.51. The molecule has 0 aliphatic carbocycles. The van der Waals surface area contributed by atoms with Crippen molar-refractivity contribution in [2.24, 2.45) is 13.0 Å². The van der Waals surface area contributed by atoms with Gasteiger partial charge in [0.25, 0.3) is 0 Å². The van der Waals surface area contributed by atoms with Crippen LogP contribution in [-0.2, 0) is 16.5 Å². The lowest BCUT2D eigenvalue weighted by Gasteiger charge is -2.45. The minimum absolute atomic E-state index is 0.0490. The Morgan fingerprint density at radius 1 is 1.43 bits per heavy atom. The number of rotatable bonds is 4. The van der Waals surface area contributed by atoms with E-state index in [1.807, 2.05) is 17.9 Å². The zero-order valence-electron chi connectivity index (χ0n) is 13.2. The van der Waals surface area contributed by atoms with E-state index in [1.165, 1.54) is 5.69 Å². The molecule has 0 saturated carbocycles. The predicted molar refractivity (Wildman–Crippen MR) is 81.1 cm³/mol. The second kappa shape index (κ2) is 6.46. The van der Waals surface area contributed by atoms with Crippen LogP contribution in [0.2, 0.25) is 0 Å². The normalized spacial score (nSPS) is 26.9. The van der Waals surface area contributed by atoms with Crippen LogP contribution in [0.3, 0.4) is 0 Å². The summed E-state index contributed by atoms with van der Waals surface area (Å²) in [5.74, 6) is 0.604. The standard InChI is InChI=1S/C16H27N3O2/c1-3-17-15(14-4-8-18-19(14)2)13-5-9-21-16(12-13)6-10-20-11-7-16/h4,8,13,15,17H,3,5-7,9-12H2,1-2H3. The SMILES string of the molecule is CCNC(c1ccnn1C)C1CCOC2(CCOCC2)C1. The zero-order chi connectivity index (χ0) is 14.7. The number of hydrogen-bond acceptors (Lipinski definition) is 4. The van der Waals surface area contributed by atoms with Gasteiger partial charge in [0.15, 0.2) is 0 Å². The summed E-state index contributed by atoms with van der Waals surface area (Å²) in [5, 5.41) is 8.01. The smallest absolute Gasteiger partial charge is 0.0729 e. The Morgan fingerprint density at radius 2 is 2.24 bits per heavy atom. The van der Waals surface area contributed by atoms with Crippen LogP contribution in [0.25, 0.3) is 0 Å². The van der Waals surface area contributed by atoms with Crippen molar-refractivity contribution in [2.45, 2.75) is 44.2 Å². The first kappa shape index (κ1) is 15.0. The fourth-order valence-electron chi connectivity index (χ4n) is 3.86. The summed E-state index contributed by atoms with van der Waals surface area (Å²) in [7, 11) is 2.03. The van der Waals surface area contributed by atoms with Gasteiger partial charge in [-0.15, -0.1) is 0 Å². The van der Waals surface area contributed by atoms with Crippen LogP contribution in [-0.4, -0.2) is 41.7 Å². The first-order valence-corrected chi connectivity index (χ1v) is 8.17. The van der Waals surface area contributed by atoms with Crippen LogP contribution in [0.1, 0.15) is 44.3 Å². The molecule has 0 amide bonds. The van der Waals surface area contributed by atoms with Crippen LogP contribution in [0, 0.1) is 5.92 Å². The molecule has 21 heavy (non-hydrogen) atoms. The van der Waals surface area contributed by atoms with E-state index in [-0.39, 0.29) is 5.60 Å². The number of ether oxygens (including phenoxy) is 2. The van der Waals surface area contributed by atoms with E-state index in [9.17, 15) is 0 Å². The molecule has 2 saturated heterocycles. The maximum Gasteiger partial charge on any atom is 0.0729 e. The highest BCUT2D eigenvalue weighted by Gasteiger charge is 2.41. The summed E-state index contributed by atoms with van der Waals surface area (Å²) in [6.45, 7) is 5.69. The number of aromatic nitrogens is 2. The third-order valence-corrected chi connectivity index (χ3v) is 5.01. The number of aryl methyl sites for hydroxylation is 1. The molecule has 0 bridgehead atoms. The average Bonchev–Trinajstić information content (AvgIpc) is 2.91. The quantitative estimate of drug-likeness (QED) is 0.923. The molecule has 2 aliphatic heterocycles. The molecule has 3 rings (SSSR count). The minimum Gasteiger partial charge on any atom is -0.381 e. The highest BCUT2D eigenvalue weighted by molar-refractivity contribution is 5.10. The van der Waals surface area contributed by atoms with Gasteiger partial charge in [0.2, 0.25) is 0 Å². The van der Waals surface area contributed by atoms with Crippen LogP contribution in [0.5, 0.6) is 0 Å². The van der Waals surface area contributed by atoms with Crippen molar-refractivity contribution in [3.05, 3.63) is 18.0 Å². The summed E-state index contributed by atoms with van der Waals surface area (Å²) in [6.07, 6.45) is 6.20. The van der Waals surface area contributed by atoms with Crippen molar-refractivity contribution in [1.29, 1.82) is 0 Å². The third kappa shape index (κ3) is 3.15. The van der Waals surface area contributed by atoms with Crippen molar-refractivity contribution in [2.75, 3.05) is 26.4 Å². The highest BCUT2D eigenvalue weighted by Crippen LogP contribution is 2.41. The van der Waals surface area contributed by atoms with E-state index < -0.39 is 0 Å². The van der Waals surface area contributed by atoms with Crippen LogP contribution < -0.4 is 5.32 Å². The Morgan fingerprint density at radius 3 is 2.90 bits per heavy atom. The Labute approximate surface area is 127 Å². The van der Waals surface area contributed by atoms with Crippen LogP contribution in [0.4, 0.5) is 0 Å². The molecule has 1 aromatic heterocycles. The summed E-state index contributed by atoms with van der Waals surface area (Å²) < 4.78 is 13.7. The molecule has 2 atom stereocenters. The average molecular weight is 293 g/mol. The number of hydrogen-bond donors (Lipinski definition) is 1. The van der Waals surface area contributed by atoms with Gasteiger partial charge in [0.1, 0.15) is 0 Å². The molecule has 2 aliphatic rings. The molecular weight excluding hydrogens is 266 g/mol. The molecule has 3 heterocycles. The highest BCUT2D eigenvalue weighted by atomic mass is 16.5. The zero-order valence-corrected chi connectivity index (χ0v) is 13.2. The van der Waals surface area contributed by atoms with Gasteiger partial charge >= 0.3 is 0 Å². The third-order valence-electron chi connectivity index (χ3n) is 5.01. The molecule has 118 valence electrons. The molecule has 0 radical (unpaired) electrons. The topological polar surface area (TPSA) is 48.3 Å². The Kier molecular flexibility index (Phi) is 4.62. The van der Waals surface area contributed by atoms with E-state index in [4.69, 9.17) is 9.47 Å². The molecular formula is C16H27N3O2. The maximum absolute atomic E-state index is 6.18. The number of nitrogens with one attached hydrogen (secondary N) is 1. The summed E-state index contributed by atoms with van der Waals surface area (Å²) in [4.78, 5) is 0. The van der Waals surface area contributed by atoms with E-state index in [0.717, 1.165) is 52.0 Å². The molecule has 0 aromatic carbocycles. The fourth-order valence-corrected chi connectivity index (χ4v) is 3.86. The molecule has 5 nitrogen and oxygen atoms in total. The van der Waals surface area contributed by atoms with E-state index >= 15 is 0 Å². The van der Waals surface area contributed by atoms with Crippen molar-refractivity contribution >= 4 is 0 Å². The maximum atomic E-state index is 6.18. The second-order valence-electron chi connectivity index (χ2n) is 6.31. The molecule has 1 aromatic rings. The van der Waals surface area contributed by atoms with E-state index in [1.54, 1.807) is 0 Å². The summed E-state index contributed by atoms with van der Waals surface area (Å²) >= 11 is 0. The Bertz CT molecular complexity index is 449. The molecule has 5 heteroatoms. The lowest BCUT2D eigenvalue weighted by atomic mass is 9.77. The van der Waals surface area contributed by atoms with Gasteiger partial charge in [-0.2, -0.15) is 5.10 Å². The molecule has 2 fully saturated rings. The van der Waals surface area contributed by atoms with E-state index in [2.05, 4.69) is 23.4 Å². The van der Waals surface area contributed by atoms with Gasteiger partial charge in [-0.25, -0.2) is 0 Å². The lowest BCUT2D eigenvalue weighted by molar-refractivity contribution is -0.150. The lowest BCUT2D eigenvalue weighted by Crippen LogP contribution is -2.47. The van der Waals surface area contributed by atoms with Gasteiger partial charge in [-0.05, 0) is 44.2 Å². The number of nitrogens with zero attached hydrogens (tertiary/aromatic N) is 2. The van der Waals surface area contributed by atoms with Crippen molar-refractivity contribution in [1.82, 2.24) is 15.1 Å².